The molecule has 6 heteroatoms. The number of unbranched alkanes of at least 4 members (excludes halogenated alkanes) is 2. The van der Waals surface area contributed by atoms with Gasteiger partial charge in [-0.2, -0.15) is 0 Å². The van der Waals surface area contributed by atoms with E-state index in [1.807, 2.05) is 43.3 Å². The smallest absolute Gasteiger partial charge is 0.162 e. The van der Waals surface area contributed by atoms with E-state index in [-0.39, 0.29) is 6.61 Å². The summed E-state index contributed by atoms with van der Waals surface area (Å²) in [6.45, 7) is 4.89. The van der Waals surface area contributed by atoms with Crippen LogP contribution in [0.1, 0.15) is 37.3 Å². The van der Waals surface area contributed by atoms with Crippen molar-refractivity contribution in [3.05, 3.63) is 57.0 Å². The van der Waals surface area contributed by atoms with Crippen LogP contribution in [0.15, 0.2) is 40.9 Å². The average Bonchev–Trinajstić information content (AvgIpc) is 2.65. The van der Waals surface area contributed by atoms with Gasteiger partial charge in [-0.15, -0.1) is 0 Å². The number of nitrogens with one attached hydrogen (secondary N) is 1. The monoisotopic (exact) mass is 455 g/mol. The molecule has 2 aromatic rings. The molecule has 148 valence electrons. The number of benzene rings is 2. The molecule has 2 rings (SSSR count). The number of ether oxygens (including phenoxy) is 2. The molecule has 0 unspecified atom stereocenters. The highest BCUT2D eigenvalue weighted by atomic mass is 79.9. The van der Waals surface area contributed by atoms with E-state index < -0.39 is 0 Å². The molecular formula is C21H27BrClNO3. The van der Waals surface area contributed by atoms with Gasteiger partial charge in [-0.25, -0.2) is 0 Å². The number of aliphatic hydroxyl groups excluding tert-OH is 1. The summed E-state index contributed by atoms with van der Waals surface area (Å²) in [6, 6.07) is 11.6. The Labute approximate surface area is 175 Å². The van der Waals surface area contributed by atoms with Gasteiger partial charge in [0.2, 0.25) is 0 Å². The molecule has 0 aromatic heterocycles. The number of hydrogen-bond acceptors (Lipinski definition) is 4. The Morgan fingerprint density at radius 1 is 1.07 bits per heavy atom. The van der Waals surface area contributed by atoms with Gasteiger partial charge in [0, 0.05) is 22.6 Å². The molecule has 0 amide bonds. The lowest BCUT2D eigenvalue weighted by Gasteiger charge is -2.15. The molecule has 0 saturated carbocycles. The summed E-state index contributed by atoms with van der Waals surface area (Å²) >= 11 is 9.67. The lowest BCUT2D eigenvalue weighted by Crippen LogP contribution is -2.15. The minimum absolute atomic E-state index is 0.264. The Morgan fingerprint density at radius 2 is 1.89 bits per heavy atom. The highest BCUT2D eigenvalue weighted by Gasteiger charge is 2.11. The van der Waals surface area contributed by atoms with Crippen molar-refractivity contribution < 1.29 is 14.6 Å². The van der Waals surface area contributed by atoms with E-state index in [1.165, 1.54) is 0 Å². The minimum Gasteiger partial charge on any atom is -0.490 e. The predicted molar refractivity (Wildman–Crippen MR) is 114 cm³/mol. The zero-order valence-electron chi connectivity index (χ0n) is 15.6. The second kappa shape index (κ2) is 12.2. The van der Waals surface area contributed by atoms with Crippen LogP contribution in [-0.4, -0.2) is 24.9 Å². The van der Waals surface area contributed by atoms with Crippen molar-refractivity contribution in [1.29, 1.82) is 0 Å². The van der Waals surface area contributed by atoms with Crippen LogP contribution in [0.4, 0.5) is 0 Å². The minimum atomic E-state index is 0.264. The third-order valence-electron chi connectivity index (χ3n) is 4.02. The maximum absolute atomic E-state index is 8.82. The molecule has 0 atom stereocenters. The van der Waals surface area contributed by atoms with Crippen LogP contribution in [0.3, 0.4) is 0 Å². The van der Waals surface area contributed by atoms with Gasteiger partial charge in [0.1, 0.15) is 6.61 Å². The highest BCUT2D eigenvalue weighted by molar-refractivity contribution is 9.10. The number of rotatable bonds is 12. The normalized spacial score (nSPS) is 10.8. The Kier molecular flexibility index (Phi) is 9.98. The summed E-state index contributed by atoms with van der Waals surface area (Å²) in [5.41, 5.74) is 2.13. The van der Waals surface area contributed by atoms with Crippen LogP contribution in [0.5, 0.6) is 11.5 Å². The van der Waals surface area contributed by atoms with Gasteiger partial charge in [0.25, 0.3) is 0 Å². The average molecular weight is 457 g/mol. The van der Waals surface area contributed by atoms with Gasteiger partial charge in [-0.3, -0.25) is 0 Å². The van der Waals surface area contributed by atoms with E-state index in [0.717, 1.165) is 53.7 Å². The van der Waals surface area contributed by atoms with Crippen LogP contribution in [-0.2, 0) is 13.2 Å². The lowest BCUT2D eigenvalue weighted by atomic mass is 10.2. The van der Waals surface area contributed by atoms with Crippen LogP contribution in [0.2, 0.25) is 5.02 Å². The Balaban J connectivity index is 1.99. The standard InChI is InChI=1S/C21H27BrClNO3/c1-2-26-20-12-17(14-24-9-4-3-5-10-25)19(22)13-21(20)27-15-16-7-6-8-18(23)11-16/h6-8,11-13,24-25H,2-5,9-10,14-15H2,1H3. The van der Waals surface area contributed by atoms with Crippen molar-refractivity contribution in [2.45, 2.75) is 39.3 Å². The third kappa shape index (κ3) is 7.70. The van der Waals surface area contributed by atoms with Gasteiger partial charge in [0.15, 0.2) is 11.5 Å². The molecule has 4 nitrogen and oxygen atoms in total. The van der Waals surface area contributed by atoms with E-state index in [1.54, 1.807) is 0 Å². The fourth-order valence-corrected chi connectivity index (χ4v) is 3.32. The second-order valence-electron chi connectivity index (χ2n) is 6.20. The van der Waals surface area contributed by atoms with E-state index in [9.17, 15) is 0 Å². The first kappa shape index (κ1) is 22.0. The summed E-state index contributed by atoms with van der Waals surface area (Å²) in [6.07, 6.45) is 2.95. The summed E-state index contributed by atoms with van der Waals surface area (Å²) in [4.78, 5) is 0. The van der Waals surface area contributed by atoms with Gasteiger partial charge in [-0.05, 0) is 68.1 Å². The van der Waals surface area contributed by atoms with Gasteiger partial charge < -0.3 is 19.9 Å². The number of halogens is 2. The van der Waals surface area contributed by atoms with E-state index >= 15 is 0 Å². The van der Waals surface area contributed by atoms with Gasteiger partial charge in [0.05, 0.1) is 6.61 Å². The molecule has 0 saturated heterocycles. The van der Waals surface area contributed by atoms with Gasteiger partial charge >= 0.3 is 0 Å². The summed E-state index contributed by atoms with van der Waals surface area (Å²) in [7, 11) is 0. The molecule has 0 heterocycles. The molecule has 0 radical (unpaired) electrons. The molecule has 0 fully saturated rings. The molecule has 27 heavy (non-hydrogen) atoms. The largest absolute Gasteiger partial charge is 0.490 e. The molecule has 2 aromatic carbocycles. The third-order valence-corrected chi connectivity index (χ3v) is 5.00. The lowest BCUT2D eigenvalue weighted by molar-refractivity contribution is 0.269. The van der Waals surface area contributed by atoms with Crippen LogP contribution in [0, 0.1) is 0 Å². The van der Waals surface area contributed by atoms with E-state index in [2.05, 4.69) is 21.2 Å². The summed E-state index contributed by atoms with van der Waals surface area (Å²) in [5, 5.41) is 12.9. The van der Waals surface area contributed by atoms with E-state index in [4.69, 9.17) is 26.2 Å². The predicted octanol–water partition coefficient (Wildman–Crippen LogP) is 5.33. The van der Waals surface area contributed by atoms with Crippen molar-refractivity contribution in [1.82, 2.24) is 5.32 Å². The number of aliphatic hydroxyl groups is 1. The zero-order chi connectivity index (χ0) is 19.5. The van der Waals surface area contributed by atoms with Crippen molar-refractivity contribution in [2.75, 3.05) is 19.8 Å². The Bertz CT molecular complexity index is 712. The highest BCUT2D eigenvalue weighted by Crippen LogP contribution is 2.34. The van der Waals surface area contributed by atoms with Crippen LogP contribution < -0.4 is 14.8 Å². The zero-order valence-corrected chi connectivity index (χ0v) is 18.0. The fraction of sp³-hybridized carbons (Fsp3) is 0.429. The van der Waals surface area contributed by atoms with Crippen LogP contribution in [0.25, 0.3) is 0 Å². The van der Waals surface area contributed by atoms with Gasteiger partial charge in [-0.1, -0.05) is 39.7 Å². The molecule has 0 aliphatic heterocycles. The maximum Gasteiger partial charge on any atom is 0.162 e. The molecule has 0 aliphatic rings. The first-order valence-corrected chi connectivity index (χ1v) is 10.4. The molecule has 0 spiro atoms. The maximum atomic E-state index is 8.82. The molecule has 0 aliphatic carbocycles. The summed E-state index contributed by atoms with van der Waals surface area (Å²) in [5.74, 6) is 1.44. The molecule has 0 bridgehead atoms. The Hall–Kier alpha value is -1.27. The van der Waals surface area contributed by atoms with Crippen molar-refractivity contribution in [3.63, 3.8) is 0 Å². The SMILES string of the molecule is CCOc1cc(CNCCCCCO)c(Br)cc1OCc1cccc(Cl)c1. The van der Waals surface area contributed by atoms with Crippen molar-refractivity contribution in [2.24, 2.45) is 0 Å². The second-order valence-corrected chi connectivity index (χ2v) is 7.49. The molecular weight excluding hydrogens is 430 g/mol. The van der Waals surface area contributed by atoms with Crippen LogP contribution >= 0.6 is 27.5 Å². The van der Waals surface area contributed by atoms with Crippen molar-refractivity contribution in [3.8, 4) is 11.5 Å². The molecule has 2 N–H and O–H groups in total. The number of hydrogen-bond donors (Lipinski definition) is 2. The van der Waals surface area contributed by atoms with E-state index in [0.29, 0.717) is 24.0 Å². The topological polar surface area (TPSA) is 50.7 Å². The summed E-state index contributed by atoms with van der Waals surface area (Å²) < 4.78 is 12.7. The first-order chi connectivity index (χ1) is 13.1. The van der Waals surface area contributed by atoms with Crippen molar-refractivity contribution >= 4 is 27.5 Å². The first-order valence-electron chi connectivity index (χ1n) is 9.28. The fourth-order valence-electron chi connectivity index (χ4n) is 2.64. The Morgan fingerprint density at radius 3 is 2.63 bits per heavy atom. The quantitative estimate of drug-likeness (QED) is 0.424.